The van der Waals surface area contributed by atoms with Gasteiger partial charge in [0.2, 0.25) is 0 Å². The predicted octanol–water partition coefficient (Wildman–Crippen LogP) is 1.75. The Morgan fingerprint density at radius 1 is 0.867 bits per heavy atom. The molecule has 1 aromatic carbocycles. The Kier molecular flexibility index (Phi) is 2.78. The van der Waals surface area contributed by atoms with Gasteiger partial charge in [-0.2, -0.15) is 0 Å². The third-order valence-corrected chi connectivity index (χ3v) is 1.82. The van der Waals surface area contributed by atoms with Crippen LogP contribution in [0.4, 0.5) is 0 Å². The average molecular weight is 198 g/mol. The minimum Gasteiger partial charge on any atom is -0.131 e. The molecule has 0 radical (unpaired) electrons. The van der Waals surface area contributed by atoms with Crippen LogP contribution < -0.4 is 0 Å². The summed E-state index contributed by atoms with van der Waals surface area (Å²) in [5, 5.41) is 15.4. The first-order valence-corrected chi connectivity index (χ1v) is 4.62. The number of rotatable bonds is 2. The summed E-state index contributed by atoms with van der Waals surface area (Å²) in [6.45, 7) is 1.75. The number of benzene rings is 1. The lowest BCUT2D eigenvalue weighted by Gasteiger charge is -1.91. The van der Waals surface area contributed by atoms with Crippen molar-refractivity contribution in [2.75, 3.05) is 0 Å². The van der Waals surface area contributed by atoms with E-state index < -0.39 is 0 Å². The molecule has 0 fully saturated rings. The molecule has 0 saturated heterocycles. The van der Waals surface area contributed by atoms with Gasteiger partial charge in [0.05, 0.1) is 0 Å². The fraction of sp³-hybridized carbons (Fsp3) is 0.0909. The SMILES string of the molecule is Cc1nnc(/C=C/c2ccccc2)nn1. The molecule has 4 nitrogen and oxygen atoms in total. The van der Waals surface area contributed by atoms with Crippen LogP contribution in [0, 0.1) is 6.92 Å². The maximum atomic E-state index is 3.88. The summed E-state index contributed by atoms with van der Waals surface area (Å²) in [7, 11) is 0. The lowest BCUT2D eigenvalue weighted by atomic mass is 10.2. The van der Waals surface area contributed by atoms with Gasteiger partial charge in [-0.25, -0.2) is 0 Å². The minimum absolute atomic E-state index is 0.518. The van der Waals surface area contributed by atoms with Crippen molar-refractivity contribution < 1.29 is 0 Å². The molecule has 0 unspecified atom stereocenters. The number of hydrogen-bond donors (Lipinski definition) is 0. The van der Waals surface area contributed by atoms with E-state index in [1.165, 1.54) is 0 Å². The maximum absolute atomic E-state index is 3.88. The van der Waals surface area contributed by atoms with Gasteiger partial charge >= 0.3 is 0 Å². The van der Waals surface area contributed by atoms with Crippen molar-refractivity contribution in [3.05, 3.63) is 47.5 Å². The minimum atomic E-state index is 0.518. The summed E-state index contributed by atoms with van der Waals surface area (Å²) < 4.78 is 0. The first-order chi connectivity index (χ1) is 7.34. The van der Waals surface area contributed by atoms with E-state index in [2.05, 4.69) is 20.4 Å². The molecule has 0 spiro atoms. The summed E-state index contributed by atoms with van der Waals surface area (Å²) in [5.41, 5.74) is 1.10. The van der Waals surface area contributed by atoms with Gasteiger partial charge in [0.1, 0.15) is 0 Å². The first-order valence-electron chi connectivity index (χ1n) is 4.62. The summed E-state index contributed by atoms with van der Waals surface area (Å²) in [6, 6.07) is 9.94. The van der Waals surface area contributed by atoms with Crippen molar-refractivity contribution in [2.45, 2.75) is 6.92 Å². The van der Waals surface area contributed by atoms with E-state index in [1.807, 2.05) is 36.4 Å². The van der Waals surface area contributed by atoms with E-state index in [0.29, 0.717) is 11.6 Å². The number of nitrogens with zero attached hydrogens (tertiary/aromatic N) is 4. The Hall–Kier alpha value is -2.10. The molecular weight excluding hydrogens is 188 g/mol. The Bertz CT molecular complexity index is 448. The molecule has 2 aromatic rings. The molecule has 15 heavy (non-hydrogen) atoms. The van der Waals surface area contributed by atoms with Gasteiger partial charge in [0.15, 0.2) is 11.6 Å². The normalized spacial score (nSPS) is 10.7. The van der Waals surface area contributed by atoms with Crippen LogP contribution in [-0.4, -0.2) is 20.4 Å². The average Bonchev–Trinajstić information content (AvgIpc) is 2.30. The highest BCUT2D eigenvalue weighted by molar-refractivity contribution is 5.65. The summed E-state index contributed by atoms with van der Waals surface area (Å²) in [5.74, 6) is 1.09. The molecule has 4 heteroatoms. The Morgan fingerprint density at radius 3 is 2.20 bits per heavy atom. The molecule has 0 aliphatic heterocycles. The quantitative estimate of drug-likeness (QED) is 0.737. The maximum Gasteiger partial charge on any atom is 0.196 e. The second-order valence-electron chi connectivity index (χ2n) is 3.05. The Morgan fingerprint density at radius 2 is 1.53 bits per heavy atom. The zero-order valence-corrected chi connectivity index (χ0v) is 8.33. The molecule has 0 aliphatic carbocycles. The summed E-state index contributed by atoms with van der Waals surface area (Å²) >= 11 is 0. The van der Waals surface area contributed by atoms with Crippen LogP contribution in [0.25, 0.3) is 12.2 Å². The third-order valence-electron chi connectivity index (χ3n) is 1.82. The molecule has 74 valence electrons. The molecule has 2 rings (SSSR count). The van der Waals surface area contributed by atoms with Crippen molar-refractivity contribution in [1.82, 2.24) is 20.4 Å². The van der Waals surface area contributed by atoms with Crippen molar-refractivity contribution in [3.8, 4) is 0 Å². The fourth-order valence-electron chi connectivity index (χ4n) is 1.09. The molecule has 1 aromatic heterocycles. The predicted molar refractivity (Wildman–Crippen MR) is 57.7 cm³/mol. The molecule has 0 amide bonds. The largest absolute Gasteiger partial charge is 0.196 e. The fourth-order valence-corrected chi connectivity index (χ4v) is 1.09. The zero-order valence-electron chi connectivity index (χ0n) is 8.33. The van der Waals surface area contributed by atoms with Crippen LogP contribution in [0.15, 0.2) is 30.3 Å². The molecule has 0 bridgehead atoms. The highest BCUT2D eigenvalue weighted by Crippen LogP contribution is 2.03. The van der Waals surface area contributed by atoms with E-state index in [1.54, 1.807) is 13.0 Å². The van der Waals surface area contributed by atoms with Crippen LogP contribution in [0.3, 0.4) is 0 Å². The lowest BCUT2D eigenvalue weighted by molar-refractivity contribution is 0.795. The molecule has 0 aliphatic rings. The van der Waals surface area contributed by atoms with Gasteiger partial charge in [-0.15, -0.1) is 20.4 Å². The highest BCUT2D eigenvalue weighted by atomic mass is 15.3. The van der Waals surface area contributed by atoms with Gasteiger partial charge in [0.25, 0.3) is 0 Å². The smallest absolute Gasteiger partial charge is 0.131 e. The van der Waals surface area contributed by atoms with E-state index in [-0.39, 0.29) is 0 Å². The van der Waals surface area contributed by atoms with Crippen molar-refractivity contribution in [3.63, 3.8) is 0 Å². The lowest BCUT2D eigenvalue weighted by Crippen LogP contribution is -1.97. The molecule has 0 N–H and O–H groups in total. The van der Waals surface area contributed by atoms with E-state index in [0.717, 1.165) is 5.56 Å². The standard InChI is InChI=1S/C11H10N4/c1-9-12-14-11(15-13-9)8-7-10-5-3-2-4-6-10/h2-8H,1H3/b8-7+. The van der Waals surface area contributed by atoms with Gasteiger partial charge < -0.3 is 0 Å². The number of aromatic nitrogens is 4. The monoisotopic (exact) mass is 198 g/mol. The topological polar surface area (TPSA) is 51.6 Å². The second kappa shape index (κ2) is 4.41. The van der Waals surface area contributed by atoms with Crippen LogP contribution in [0.5, 0.6) is 0 Å². The van der Waals surface area contributed by atoms with Crippen LogP contribution in [0.2, 0.25) is 0 Å². The van der Waals surface area contributed by atoms with Crippen molar-refractivity contribution in [2.24, 2.45) is 0 Å². The van der Waals surface area contributed by atoms with Gasteiger partial charge in [-0.3, -0.25) is 0 Å². The summed E-state index contributed by atoms with van der Waals surface area (Å²) in [4.78, 5) is 0. The van der Waals surface area contributed by atoms with Gasteiger partial charge in [-0.1, -0.05) is 36.4 Å². The van der Waals surface area contributed by atoms with E-state index in [4.69, 9.17) is 0 Å². The molecule has 1 heterocycles. The third kappa shape index (κ3) is 2.67. The van der Waals surface area contributed by atoms with Crippen LogP contribution in [-0.2, 0) is 0 Å². The second-order valence-corrected chi connectivity index (χ2v) is 3.05. The van der Waals surface area contributed by atoms with Crippen LogP contribution >= 0.6 is 0 Å². The van der Waals surface area contributed by atoms with Gasteiger partial charge in [0, 0.05) is 0 Å². The first kappa shape index (κ1) is 9.45. The molecule has 0 atom stereocenters. The van der Waals surface area contributed by atoms with Gasteiger partial charge in [-0.05, 0) is 18.6 Å². The molecular formula is C11H10N4. The van der Waals surface area contributed by atoms with Crippen molar-refractivity contribution >= 4 is 12.2 Å². The van der Waals surface area contributed by atoms with E-state index in [9.17, 15) is 0 Å². The van der Waals surface area contributed by atoms with Crippen molar-refractivity contribution in [1.29, 1.82) is 0 Å². The molecule has 0 saturated carbocycles. The number of aryl methyl sites for hydroxylation is 1. The Balaban J connectivity index is 2.15. The highest BCUT2D eigenvalue weighted by Gasteiger charge is 1.92. The Labute approximate surface area is 87.7 Å². The summed E-state index contributed by atoms with van der Waals surface area (Å²) in [6.07, 6.45) is 3.71. The van der Waals surface area contributed by atoms with Crippen LogP contribution in [0.1, 0.15) is 17.2 Å². The number of hydrogen-bond acceptors (Lipinski definition) is 4. The zero-order chi connectivity index (χ0) is 10.5. The van der Waals surface area contributed by atoms with E-state index >= 15 is 0 Å².